The van der Waals surface area contributed by atoms with E-state index in [2.05, 4.69) is 16.9 Å². The summed E-state index contributed by atoms with van der Waals surface area (Å²) in [7, 11) is -2.10. The van der Waals surface area contributed by atoms with E-state index in [9.17, 15) is 14.2 Å². The van der Waals surface area contributed by atoms with Gasteiger partial charge in [0.2, 0.25) is 0 Å². The van der Waals surface area contributed by atoms with E-state index in [4.69, 9.17) is 18.5 Å². The molecule has 1 heterocycles. The second-order valence-corrected chi connectivity index (χ2v) is 10.4. The van der Waals surface area contributed by atoms with Crippen molar-refractivity contribution in [3.8, 4) is 0 Å². The van der Waals surface area contributed by atoms with Crippen LogP contribution in [0.4, 0.5) is 4.79 Å². The minimum absolute atomic E-state index is 0.148. The summed E-state index contributed by atoms with van der Waals surface area (Å²) in [6.07, 6.45) is -0.0804. The number of carbonyl (C=O) groups excluding carboxylic acids is 2. The van der Waals surface area contributed by atoms with Crippen LogP contribution in [0.3, 0.4) is 0 Å². The number of amides is 1. The molecule has 32 heavy (non-hydrogen) atoms. The molecule has 0 radical (unpaired) electrons. The Morgan fingerprint density at radius 1 is 1.22 bits per heavy atom. The van der Waals surface area contributed by atoms with E-state index in [0.29, 0.717) is 17.1 Å². The highest BCUT2D eigenvalue weighted by molar-refractivity contribution is 7.54. The van der Waals surface area contributed by atoms with Crippen LogP contribution in [0.25, 0.3) is 0 Å². The summed E-state index contributed by atoms with van der Waals surface area (Å²) in [5.74, 6) is -0.719. The predicted octanol–water partition coefficient (Wildman–Crippen LogP) is 5.26. The van der Waals surface area contributed by atoms with Gasteiger partial charge in [0.05, 0.1) is 18.9 Å². The van der Waals surface area contributed by atoms with Crippen molar-refractivity contribution in [2.75, 3.05) is 26.4 Å². The summed E-state index contributed by atoms with van der Waals surface area (Å²) in [4.78, 5) is 29.0. The zero-order valence-corrected chi connectivity index (χ0v) is 21.4. The van der Waals surface area contributed by atoms with Crippen molar-refractivity contribution in [1.29, 1.82) is 0 Å². The van der Waals surface area contributed by atoms with Gasteiger partial charge in [-0.25, -0.2) is 9.78 Å². The standard InChI is InChI=1S/C21H35N2O7PS/c1-8-15(6)19(30-18(24)12-31(26,27-9-2)28-10-3)16-13-32-20(23-16)17(11-14(4)5)29-21(25)22-7/h8,13-15,17,19H,1,9-12H2,2-7H3,(H,22,25)/t15-,17-,19-/m0/s1. The Hall–Kier alpha value is -1.74. The molecule has 3 atom stereocenters. The average Bonchev–Trinajstić information content (AvgIpc) is 3.20. The first-order chi connectivity index (χ1) is 15.1. The SMILES string of the molecule is C=C[C@H](C)[C@H](OC(=O)CP(=O)(OCC)OCC)c1csc([C@H](CC(C)C)OC(=O)NC)n1. The molecule has 0 unspecified atom stereocenters. The minimum Gasteiger partial charge on any atom is -0.455 e. The topological polar surface area (TPSA) is 113 Å². The number of nitrogens with one attached hydrogen (secondary N) is 1. The fourth-order valence-electron chi connectivity index (χ4n) is 2.81. The van der Waals surface area contributed by atoms with Crippen molar-refractivity contribution in [1.82, 2.24) is 10.3 Å². The highest BCUT2D eigenvalue weighted by Crippen LogP contribution is 2.48. The van der Waals surface area contributed by atoms with E-state index in [1.54, 1.807) is 25.3 Å². The maximum absolute atomic E-state index is 12.7. The smallest absolute Gasteiger partial charge is 0.407 e. The number of hydrogen-bond donors (Lipinski definition) is 1. The molecule has 1 aromatic heterocycles. The second kappa shape index (κ2) is 13.7. The highest BCUT2D eigenvalue weighted by atomic mass is 32.1. The van der Waals surface area contributed by atoms with E-state index < -0.39 is 38.0 Å². The van der Waals surface area contributed by atoms with Crippen molar-refractivity contribution >= 4 is 31.0 Å². The third-order valence-corrected chi connectivity index (χ3v) is 7.23. The number of rotatable bonds is 14. The third-order valence-electron chi connectivity index (χ3n) is 4.33. The quantitative estimate of drug-likeness (QED) is 0.213. The maximum atomic E-state index is 12.7. The molecule has 11 heteroatoms. The molecule has 1 rings (SSSR count). The molecule has 9 nitrogen and oxygen atoms in total. The van der Waals surface area contributed by atoms with E-state index in [-0.39, 0.29) is 25.0 Å². The van der Waals surface area contributed by atoms with Crippen LogP contribution >= 0.6 is 18.9 Å². The Morgan fingerprint density at radius 2 is 1.84 bits per heavy atom. The van der Waals surface area contributed by atoms with Crippen molar-refractivity contribution in [2.24, 2.45) is 11.8 Å². The van der Waals surface area contributed by atoms with Gasteiger partial charge in [-0.05, 0) is 26.2 Å². The third kappa shape index (κ3) is 9.02. The van der Waals surface area contributed by atoms with Crippen LogP contribution < -0.4 is 5.32 Å². The first-order valence-corrected chi connectivity index (χ1v) is 13.2. The first-order valence-electron chi connectivity index (χ1n) is 10.6. The molecule has 0 aliphatic heterocycles. The van der Waals surface area contributed by atoms with Gasteiger partial charge in [0.1, 0.15) is 11.2 Å². The number of carbonyl (C=O) groups is 2. The highest BCUT2D eigenvalue weighted by Gasteiger charge is 2.33. The first kappa shape index (κ1) is 28.3. The monoisotopic (exact) mass is 490 g/mol. The van der Waals surface area contributed by atoms with Gasteiger partial charge in [0.25, 0.3) is 0 Å². The molecule has 182 valence electrons. The van der Waals surface area contributed by atoms with Crippen molar-refractivity contribution < 1.29 is 32.7 Å². The van der Waals surface area contributed by atoms with Crippen LogP contribution in [-0.2, 0) is 27.9 Å². The van der Waals surface area contributed by atoms with Gasteiger partial charge in [-0.2, -0.15) is 0 Å². The van der Waals surface area contributed by atoms with E-state index >= 15 is 0 Å². The van der Waals surface area contributed by atoms with Crippen molar-refractivity contribution in [3.63, 3.8) is 0 Å². The number of thiazole rings is 1. The number of esters is 1. The summed E-state index contributed by atoms with van der Waals surface area (Å²) in [6, 6.07) is 0. The van der Waals surface area contributed by atoms with Crippen LogP contribution in [0.1, 0.15) is 63.9 Å². The number of ether oxygens (including phenoxy) is 2. The molecule has 0 saturated heterocycles. The fraction of sp³-hybridized carbons (Fsp3) is 0.667. The lowest BCUT2D eigenvalue weighted by molar-refractivity contribution is -0.148. The molecule has 0 fully saturated rings. The van der Waals surface area contributed by atoms with Gasteiger partial charge in [-0.3, -0.25) is 9.36 Å². The molecule has 0 aliphatic rings. The number of hydrogen-bond acceptors (Lipinski definition) is 9. The molecule has 1 aromatic rings. The largest absolute Gasteiger partial charge is 0.455 e. The Labute approximate surface area is 194 Å². The summed E-state index contributed by atoms with van der Waals surface area (Å²) in [5.41, 5.74) is 0.502. The van der Waals surface area contributed by atoms with Crippen molar-refractivity contribution in [2.45, 2.75) is 53.2 Å². The lowest BCUT2D eigenvalue weighted by atomic mass is 10.0. The van der Waals surface area contributed by atoms with E-state index in [0.717, 1.165) is 0 Å². The van der Waals surface area contributed by atoms with Gasteiger partial charge >= 0.3 is 19.7 Å². The minimum atomic E-state index is -3.59. The molecular weight excluding hydrogens is 455 g/mol. The Balaban J connectivity index is 3.09. The molecule has 0 aromatic carbocycles. The average molecular weight is 491 g/mol. The van der Waals surface area contributed by atoms with Crippen LogP contribution in [0.15, 0.2) is 18.0 Å². The van der Waals surface area contributed by atoms with Gasteiger partial charge in [-0.15, -0.1) is 17.9 Å². The zero-order valence-electron chi connectivity index (χ0n) is 19.7. The predicted molar refractivity (Wildman–Crippen MR) is 124 cm³/mol. The lowest BCUT2D eigenvalue weighted by Gasteiger charge is -2.22. The normalized spacial score (nSPS) is 14.5. The molecule has 0 saturated carbocycles. The van der Waals surface area contributed by atoms with Gasteiger partial charge in [0, 0.05) is 18.3 Å². The number of nitrogens with zero attached hydrogens (tertiary/aromatic N) is 1. The van der Waals surface area contributed by atoms with Gasteiger partial charge < -0.3 is 23.8 Å². The Kier molecular flexibility index (Phi) is 12.1. The fourth-order valence-corrected chi connectivity index (χ4v) is 5.13. The Bertz CT molecular complexity index is 789. The van der Waals surface area contributed by atoms with Gasteiger partial charge in [0.15, 0.2) is 12.2 Å². The zero-order chi connectivity index (χ0) is 24.3. The summed E-state index contributed by atoms with van der Waals surface area (Å²) < 4.78 is 34.1. The van der Waals surface area contributed by atoms with Crippen LogP contribution in [-0.4, -0.2) is 43.5 Å². The molecule has 0 bridgehead atoms. The van der Waals surface area contributed by atoms with Crippen LogP contribution in [0, 0.1) is 11.8 Å². The Morgan fingerprint density at radius 3 is 2.34 bits per heavy atom. The second-order valence-electron chi connectivity index (χ2n) is 7.49. The number of aromatic nitrogens is 1. The van der Waals surface area contributed by atoms with Crippen LogP contribution in [0.5, 0.6) is 0 Å². The number of alkyl carbamates (subject to hydrolysis) is 1. The molecular formula is C21H35N2O7PS. The van der Waals surface area contributed by atoms with E-state index in [1.165, 1.54) is 18.4 Å². The molecule has 1 amide bonds. The molecule has 0 spiro atoms. The summed E-state index contributed by atoms with van der Waals surface area (Å²) in [6.45, 7) is 13.3. The molecule has 0 aliphatic carbocycles. The summed E-state index contributed by atoms with van der Waals surface area (Å²) in [5, 5.41) is 4.81. The molecule has 1 N–H and O–H groups in total. The van der Waals surface area contributed by atoms with Gasteiger partial charge in [-0.1, -0.05) is 26.8 Å². The lowest BCUT2D eigenvalue weighted by Crippen LogP contribution is -2.23. The maximum Gasteiger partial charge on any atom is 0.407 e. The summed E-state index contributed by atoms with van der Waals surface area (Å²) >= 11 is 1.32. The van der Waals surface area contributed by atoms with Crippen molar-refractivity contribution in [3.05, 3.63) is 28.7 Å². The van der Waals surface area contributed by atoms with Crippen LogP contribution in [0.2, 0.25) is 0 Å². The van der Waals surface area contributed by atoms with E-state index in [1.807, 2.05) is 20.8 Å².